The molecule has 0 aliphatic heterocycles. The van der Waals surface area contributed by atoms with Crippen LogP contribution in [0.1, 0.15) is 62.6 Å². The van der Waals surface area contributed by atoms with Gasteiger partial charge in [-0.25, -0.2) is 0 Å². The van der Waals surface area contributed by atoms with Crippen molar-refractivity contribution in [1.82, 2.24) is 0 Å². The molecule has 0 amide bonds. The summed E-state index contributed by atoms with van der Waals surface area (Å²) < 4.78 is 0. The predicted molar refractivity (Wildman–Crippen MR) is 92.6 cm³/mol. The van der Waals surface area contributed by atoms with Gasteiger partial charge >= 0.3 is 0 Å². The lowest BCUT2D eigenvalue weighted by molar-refractivity contribution is 0.527. The van der Waals surface area contributed by atoms with Gasteiger partial charge in [0.25, 0.3) is 0 Å². The molecule has 0 bridgehead atoms. The van der Waals surface area contributed by atoms with E-state index >= 15 is 0 Å². The quantitative estimate of drug-likeness (QED) is 0.353. The van der Waals surface area contributed by atoms with Gasteiger partial charge in [0.15, 0.2) is 0 Å². The highest BCUT2D eigenvalue weighted by Crippen LogP contribution is 2.17. The molecule has 0 N–H and O–H groups in total. The molecule has 20 heavy (non-hydrogen) atoms. The first-order valence-electron chi connectivity index (χ1n) is 7.97. The number of halogens is 1. The molecule has 1 rings (SSSR count). The second-order valence-corrected chi connectivity index (χ2v) is 6.45. The summed E-state index contributed by atoms with van der Waals surface area (Å²) in [5.41, 5.74) is 4.10. The van der Waals surface area contributed by atoms with E-state index in [0.29, 0.717) is 0 Å². The Morgan fingerprint density at radius 1 is 1.00 bits per heavy atom. The third-order valence-electron chi connectivity index (χ3n) is 3.66. The van der Waals surface area contributed by atoms with Gasteiger partial charge in [0.1, 0.15) is 0 Å². The van der Waals surface area contributed by atoms with E-state index in [1.54, 1.807) is 0 Å². The van der Waals surface area contributed by atoms with Crippen LogP contribution in [0.25, 0.3) is 6.08 Å². The Balaban J connectivity index is 2.48. The average Bonchev–Trinajstić information content (AvgIpc) is 2.44. The topological polar surface area (TPSA) is 0 Å². The van der Waals surface area contributed by atoms with E-state index in [0.717, 1.165) is 24.6 Å². The van der Waals surface area contributed by atoms with Crippen LogP contribution in [0.4, 0.5) is 0 Å². The van der Waals surface area contributed by atoms with Crippen molar-refractivity contribution < 1.29 is 0 Å². The molecule has 0 atom stereocenters. The van der Waals surface area contributed by atoms with Gasteiger partial charge in [-0.05, 0) is 48.3 Å². The maximum atomic E-state index is 5.79. The fraction of sp³-hybridized carbons (Fsp3) is 0.579. The Labute approximate surface area is 130 Å². The number of unbranched alkanes of at least 4 members (excludes halogenated alkanes) is 2. The van der Waals surface area contributed by atoms with E-state index in [1.807, 2.05) is 6.08 Å². The Kier molecular flexibility index (Phi) is 8.69. The Morgan fingerprint density at radius 2 is 1.65 bits per heavy atom. The first-order chi connectivity index (χ1) is 9.65. The molecule has 0 saturated heterocycles. The third kappa shape index (κ3) is 7.14. The highest BCUT2D eigenvalue weighted by molar-refractivity contribution is 6.17. The average molecular weight is 293 g/mol. The van der Waals surface area contributed by atoms with Gasteiger partial charge in [-0.3, -0.25) is 0 Å². The van der Waals surface area contributed by atoms with Crippen molar-refractivity contribution in [3.8, 4) is 0 Å². The summed E-state index contributed by atoms with van der Waals surface area (Å²) in [7, 11) is 0. The van der Waals surface area contributed by atoms with E-state index in [-0.39, 0.29) is 0 Å². The molecule has 0 aromatic heterocycles. The van der Waals surface area contributed by atoms with Crippen LogP contribution in [0.3, 0.4) is 0 Å². The molecule has 0 unspecified atom stereocenters. The first kappa shape index (κ1) is 17.3. The molecule has 1 heteroatoms. The number of hydrogen-bond donors (Lipinski definition) is 0. The third-order valence-corrected chi connectivity index (χ3v) is 3.92. The van der Waals surface area contributed by atoms with Crippen LogP contribution in [-0.4, -0.2) is 5.88 Å². The largest absolute Gasteiger partial charge is 0.127 e. The lowest BCUT2D eigenvalue weighted by Gasteiger charge is -2.08. The number of hydrogen-bond acceptors (Lipinski definition) is 0. The maximum Gasteiger partial charge on any atom is 0.0226 e. The summed E-state index contributed by atoms with van der Waals surface area (Å²) in [5.74, 6) is 1.57. The predicted octanol–water partition coefficient (Wildman–Crippen LogP) is 6.26. The van der Waals surface area contributed by atoms with Crippen LogP contribution in [-0.2, 0) is 12.8 Å². The van der Waals surface area contributed by atoms with Crippen molar-refractivity contribution in [2.24, 2.45) is 5.92 Å². The second kappa shape index (κ2) is 10.0. The monoisotopic (exact) mass is 292 g/mol. The van der Waals surface area contributed by atoms with E-state index in [1.165, 1.54) is 48.8 Å². The smallest absolute Gasteiger partial charge is 0.0226 e. The van der Waals surface area contributed by atoms with Crippen molar-refractivity contribution in [3.63, 3.8) is 0 Å². The van der Waals surface area contributed by atoms with Gasteiger partial charge in [0, 0.05) is 5.88 Å². The van der Waals surface area contributed by atoms with E-state index in [4.69, 9.17) is 11.6 Å². The SMILES string of the molecule is C=Cc1cc(CCCCl)cc(CCCCCC(C)C)c1. The van der Waals surface area contributed by atoms with Gasteiger partial charge in [-0.15, -0.1) is 11.6 Å². The normalized spacial score (nSPS) is 11.0. The molecule has 0 saturated carbocycles. The van der Waals surface area contributed by atoms with E-state index < -0.39 is 0 Å². The molecule has 112 valence electrons. The Morgan fingerprint density at radius 3 is 2.20 bits per heavy atom. The van der Waals surface area contributed by atoms with Crippen molar-refractivity contribution in [1.29, 1.82) is 0 Å². The number of rotatable bonds is 10. The molecule has 0 aliphatic rings. The highest BCUT2D eigenvalue weighted by Gasteiger charge is 2.01. The van der Waals surface area contributed by atoms with Crippen LogP contribution in [0.5, 0.6) is 0 Å². The second-order valence-electron chi connectivity index (χ2n) is 6.07. The summed E-state index contributed by atoms with van der Waals surface area (Å²) in [6.45, 7) is 8.50. The molecule has 1 aromatic rings. The number of benzene rings is 1. The molecular weight excluding hydrogens is 264 g/mol. The van der Waals surface area contributed by atoms with Gasteiger partial charge in [-0.1, -0.05) is 64.0 Å². The fourth-order valence-electron chi connectivity index (χ4n) is 2.53. The summed E-state index contributed by atoms with van der Waals surface area (Å²) in [6, 6.07) is 6.86. The molecular formula is C19H29Cl. The maximum absolute atomic E-state index is 5.79. The van der Waals surface area contributed by atoms with E-state index in [2.05, 4.69) is 38.6 Å². The molecule has 0 spiro atoms. The lowest BCUT2D eigenvalue weighted by atomic mass is 9.98. The number of aryl methyl sites for hydroxylation is 2. The summed E-state index contributed by atoms with van der Waals surface area (Å²) in [6.07, 6.45) is 10.6. The minimum absolute atomic E-state index is 0.739. The van der Waals surface area contributed by atoms with Gasteiger partial charge in [0.2, 0.25) is 0 Å². The van der Waals surface area contributed by atoms with Crippen LogP contribution in [0, 0.1) is 5.92 Å². The Hall–Kier alpha value is -0.750. The standard InChI is InChI=1S/C19H29Cl/c1-4-17-13-18(10-7-5-6-9-16(2)3)15-19(14-17)11-8-12-20/h4,13-16H,1,5-12H2,2-3H3. The zero-order valence-electron chi connectivity index (χ0n) is 13.1. The minimum atomic E-state index is 0.739. The lowest BCUT2D eigenvalue weighted by Crippen LogP contribution is -1.94. The van der Waals surface area contributed by atoms with Crippen molar-refractivity contribution >= 4 is 17.7 Å². The van der Waals surface area contributed by atoms with Crippen LogP contribution in [0.15, 0.2) is 24.8 Å². The molecule has 0 heterocycles. The first-order valence-corrected chi connectivity index (χ1v) is 8.50. The Bertz CT molecular complexity index is 393. The molecule has 0 aliphatic carbocycles. The van der Waals surface area contributed by atoms with E-state index in [9.17, 15) is 0 Å². The van der Waals surface area contributed by atoms with Crippen molar-refractivity contribution in [2.75, 3.05) is 5.88 Å². The fourth-order valence-corrected chi connectivity index (χ4v) is 2.66. The summed E-state index contributed by atoms with van der Waals surface area (Å²) >= 11 is 5.79. The molecule has 1 aromatic carbocycles. The summed E-state index contributed by atoms with van der Waals surface area (Å²) in [5, 5.41) is 0. The van der Waals surface area contributed by atoms with Crippen molar-refractivity contribution in [2.45, 2.75) is 58.8 Å². The van der Waals surface area contributed by atoms with Gasteiger partial charge < -0.3 is 0 Å². The van der Waals surface area contributed by atoms with Gasteiger partial charge in [-0.2, -0.15) is 0 Å². The van der Waals surface area contributed by atoms with Crippen molar-refractivity contribution in [3.05, 3.63) is 41.5 Å². The molecule has 0 radical (unpaired) electrons. The molecule has 0 nitrogen and oxygen atoms in total. The summed E-state index contributed by atoms with van der Waals surface area (Å²) in [4.78, 5) is 0. The van der Waals surface area contributed by atoms with Crippen LogP contribution >= 0.6 is 11.6 Å². The van der Waals surface area contributed by atoms with Crippen LogP contribution in [0.2, 0.25) is 0 Å². The van der Waals surface area contributed by atoms with Gasteiger partial charge in [0.05, 0.1) is 0 Å². The number of alkyl halides is 1. The molecule has 0 fully saturated rings. The zero-order valence-corrected chi connectivity index (χ0v) is 13.9. The highest BCUT2D eigenvalue weighted by atomic mass is 35.5. The van der Waals surface area contributed by atoms with Crippen LogP contribution < -0.4 is 0 Å². The zero-order chi connectivity index (χ0) is 14.8. The minimum Gasteiger partial charge on any atom is -0.127 e.